The Morgan fingerprint density at radius 3 is 2.50 bits per heavy atom. The maximum Gasteiger partial charge on any atom is 0.274 e. The van der Waals surface area contributed by atoms with Gasteiger partial charge in [-0.25, -0.2) is 4.98 Å². The molecule has 4 heterocycles. The fourth-order valence-electron chi connectivity index (χ4n) is 3.70. The minimum atomic E-state index is -0.676. The summed E-state index contributed by atoms with van der Waals surface area (Å²) in [6.07, 6.45) is 2.71. The molecule has 1 aromatic carbocycles. The lowest BCUT2D eigenvalue weighted by molar-refractivity contribution is -0.142. The first-order chi connectivity index (χ1) is 14.6. The highest BCUT2D eigenvalue weighted by molar-refractivity contribution is 6.30. The Balaban J connectivity index is 1.21. The fourth-order valence-corrected chi connectivity index (χ4v) is 3.87. The average Bonchev–Trinajstić information content (AvgIpc) is 3.21. The average molecular weight is 427 g/mol. The molecule has 9 heteroatoms. The van der Waals surface area contributed by atoms with Crippen molar-refractivity contribution in [2.45, 2.75) is 6.10 Å². The second-order valence-corrected chi connectivity index (χ2v) is 7.66. The fraction of sp³-hybridized carbons (Fsp3) is 0.286. The molecule has 30 heavy (non-hydrogen) atoms. The van der Waals surface area contributed by atoms with Crippen molar-refractivity contribution in [3.63, 3.8) is 0 Å². The molecule has 2 aliphatic heterocycles. The zero-order chi connectivity index (χ0) is 20.7. The van der Waals surface area contributed by atoms with Gasteiger partial charge in [0.15, 0.2) is 11.5 Å². The van der Waals surface area contributed by atoms with E-state index in [-0.39, 0.29) is 18.4 Å². The van der Waals surface area contributed by atoms with Gasteiger partial charge in [0, 0.05) is 38.6 Å². The van der Waals surface area contributed by atoms with Gasteiger partial charge in [-0.1, -0.05) is 23.7 Å². The third-order valence-corrected chi connectivity index (χ3v) is 5.52. The Bertz CT molecular complexity index is 1120. The first kappa shape index (κ1) is 18.7. The largest absolute Gasteiger partial charge is 0.485 e. The molecule has 154 valence electrons. The van der Waals surface area contributed by atoms with Crippen molar-refractivity contribution in [3.8, 4) is 11.5 Å². The highest BCUT2D eigenvalue weighted by Crippen LogP contribution is 2.31. The summed E-state index contributed by atoms with van der Waals surface area (Å²) in [7, 11) is 0. The number of carbonyl (C=O) groups excluding carboxylic acids is 2. The van der Waals surface area contributed by atoms with Crippen LogP contribution in [0.4, 0.5) is 0 Å². The summed E-state index contributed by atoms with van der Waals surface area (Å²) < 4.78 is 13.2. The maximum atomic E-state index is 12.8. The molecular formula is C21H19ClN4O4. The highest BCUT2D eigenvalue weighted by Gasteiger charge is 2.33. The van der Waals surface area contributed by atoms with E-state index in [2.05, 4.69) is 4.98 Å². The number of aromatic nitrogens is 2. The van der Waals surface area contributed by atoms with Gasteiger partial charge in [0.05, 0.1) is 5.02 Å². The van der Waals surface area contributed by atoms with Gasteiger partial charge in [0.2, 0.25) is 6.10 Å². The summed E-state index contributed by atoms with van der Waals surface area (Å²) in [5.41, 5.74) is 1.02. The number of piperazine rings is 1. The summed E-state index contributed by atoms with van der Waals surface area (Å²) >= 11 is 5.99. The molecule has 0 aliphatic carbocycles. The number of fused-ring (bicyclic) bond motifs is 2. The summed E-state index contributed by atoms with van der Waals surface area (Å²) in [5, 5.41) is 0.572. The number of pyridine rings is 1. The van der Waals surface area contributed by atoms with Crippen LogP contribution in [0.1, 0.15) is 10.5 Å². The first-order valence-corrected chi connectivity index (χ1v) is 10.1. The van der Waals surface area contributed by atoms with Gasteiger partial charge in [-0.3, -0.25) is 9.59 Å². The highest BCUT2D eigenvalue weighted by atomic mass is 35.5. The SMILES string of the molecule is O=C(c1cn2cc(Cl)ccc2n1)N1CCN(C(=O)C2COc3ccccc3O2)CC1. The molecule has 1 unspecified atom stereocenters. The van der Waals surface area contributed by atoms with Crippen LogP contribution in [0.5, 0.6) is 11.5 Å². The third kappa shape index (κ3) is 3.43. The van der Waals surface area contributed by atoms with E-state index >= 15 is 0 Å². The van der Waals surface area contributed by atoms with Gasteiger partial charge >= 0.3 is 0 Å². The molecule has 1 atom stereocenters. The number of benzene rings is 1. The molecule has 2 aliphatic rings. The monoisotopic (exact) mass is 426 g/mol. The number of amides is 2. The zero-order valence-corrected chi connectivity index (χ0v) is 16.8. The minimum absolute atomic E-state index is 0.126. The summed E-state index contributed by atoms with van der Waals surface area (Å²) in [5.74, 6) is 0.931. The third-order valence-electron chi connectivity index (χ3n) is 5.30. The quantitative estimate of drug-likeness (QED) is 0.627. The number of hydrogen-bond acceptors (Lipinski definition) is 5. The molecule has 3 aromatic rings. The Morgan fingerprint density at radius 2 is 1.70 bits per heavy atom. The predicted octanol–water partition coefficient (Wildman–Crippen LogP) is 2.11. The number of imidazole rings is 1. The second-order valence-electron chi connectivity index (χ2n) is 7.22. The molecule has 1 fully saturated rings. The number of rotatable bonds is 2. The van der Waals surface area contributed by atoms with E-state index in [1.54, 1.807) is 44.8 Å². The molecule has 0 spiro atoms. The van der Waals surface area contributed by atoms with Crippen LogP contribution in [0.15, 0.2) is 48.8 Å². The zero-order valence-electron chi connectivity index (χ0n) is 16.0. The Morgan fingerprint density at radius 1 is 0.967 bits per heavy atom. The van der Waals surface area contributed by atoms with Crippen molar-refractivity contribution in [2.75, 3.05) is 32.8 Å². The Hall–Kier alpha value is -3.26. The van der Waals surface area contributed by atoms with E-state index in [9.17, 15) is 9.59 Å². The van der Waals surface area contributed by atoms with Gasteiger partial charge in [-0.15, -0.1) is 0 Å². The number of para-hydroxylation sites is 2. The van der Waals surface area contributed by atoms with Gasteiger partial charge in [0.25, 0.3) is 11.8 Å². The molecule has 0 bridgehead atoms. The normalized spacial score (nSPS) is 18.5. The lowest BCUT2D eigenvalue weighted by Crippen LogP contribution is -2.55. The van der Waals surface area contributed by atoms with E-state index in [0.717, 1.165) is 0 Å². The molecule has 0 saturated carbocycles. The lowest BCUT2D eigenvalue weighted by Gasteiger charge is -2.36. The number of hydrogen-bond donors (Lipinski definition) is 0. The number of carbonyl (C=O) groups is 2. The number of nitrogens with zero attached hydrogens (tertiary/aromatic N) is 4. The van der Waals surface area contributed by atoms with Crippen molar-refractivity contribution in [2.24, 2.45) is 0 Å². The van der Waals surface area contributed by atoms with Crippen LogP contribution < -0.4 is 9.47 Å². The lowest BCUT2D eigenvalue weighted by atomic mass is 10.2. The summed E-state index contributed by atoms with van der Waals surface area (Å²) in [4.78, 5) is 33.5. The van der Waals surface area contributed by atoms with Gasteiger partial charge < -0.3 is 23.7 Å². The van der Waals surface area contributed by atoms with Gasteiger partial charge in [0.1, 0.15) is 17.9 Å². The van der Waals surface area contributed by atoms with Gasteiger partial charge in [-0.2, -0.15) is 0 Å². The van der Waals surface area contributed by atoms with E-state index < -0.39 is 6.10 Å². The molecule has 2 aromatic heterocycles. The van der Waals surface area contributed by atoms with Crippen LogP contribution in [-0.2, 0) is 4.79 Å². The van der Waals surface area contributed by atoms with Crippen LogP contribution in [0, 0.1) is 0 Å². The first-order valence-electron chi connectivity index (χ1n) is 9.69. The molecule has 1 saturated heterocycles. The molecule has 5 rings (SSSR count). The van der Waals surface area contributed by atoms with Gasteiger partial charge in [-0.05, 0) is 24.3 Å². The molecule has 0 radical (unpaired) electrons. The smallest absolute Gasteiger partial charge is 0.274 e. The van der Waals surface area contributed by atoms with Crippen molar-refractivity contribution in [3.05, 3.63) is 59.5 Å². The number of ether oxygens (including phenoxy) is 2. The van der Waals surface area contributed by atoms with Crippen LogP contribution in [-0.4, -0.2) is 69.9 Å². The topological polar surface area (TPSA) is 76.4 Å². The van der Waals surface area contributed by atoms with Crippen molar-refractivity contribution < 1.29 is 19.1 Å². The van der Waals surface area contributed by atoms with Crippen LogP contribution >= 0.6 is 11.6 Å². The standard InChI is InChI=1S/C21H19ClN4O4/c22-14-5-6-19-23-15(12-26(19)11-14)20(27)24-7-9-25(10-8-24)21(28)18-13-29-16-3-1-2-4-17(16)30-18/h1-6,11-12,18H,7-10,13H2. The van der Waals surface area contributed by atoms with Crippen molar-refractivity contribution in [1.29, 1.82) is 0 Å². The van der Waals surface area contributed by atoms with Crippen LogP contribution in [0.25, 0.3) is 5.65 Å². The Kier molecular flexibility index (Phi) is 4.71. The van der Waals surface area contributed by atoms with Crippen molar-refractivity contribution in [1.82, 2.24) is 19.2 Å². The van der Waals surface area contributed by atoms with Crippen LogP contribution in [0.2, 0.25) is 5.02 Å². The summed E-state index contributed by atoms with van der Waals surface area (Å²) in [6.45, 7) is 1.92. The molecular weight excluding hydrogens is 408 g/mol. The molecule has 2 amide bonds. The molecule has 8 nitrogen and oxygen atoms in total. The van der Waals surface area contributed by atoms with E-state index in [1.165, 1.54) is 0 Å². The van der Waals surface area contributed by atoms with E-state index in [1.807, 2.05) is 18.2 Å². The van der Waals surface area contributed by atoms with Crippen LogP contribution in [0.3, 0.4) is 0 Å². The minimum Gasteiger partial charge on any atom is -0.485 e. The van der Waals surface area contributed by atoms with Crippen molar-refractivity contribution >= 4 is 29.1 Å². The second kappa shape index (κ2) is 7.53. The number of halogens is 1. The summed E-state index contributed by atoms with van der Waals surface area (Å²) in [6, 6.07) is 10.8. The predicted molar refractivity (Wildman–Crippen MR) is 109 cm³/mol. The maximum absolute atomic E-state index is 12.8. The van der Waals surface area contributed by atoms with E-state index in [4.69, 9.17) is 21.1 Å². The Labute approximate surface area is 177 Å². The van der Waals surface area contributed by atoms with E-state index in [0.29, 0.717) is 54.0 Å². The molecule has 0 N–H and O–H groups in total.